The van der Waals surface area contributed by atoms with E-state index >= 15 is 0 Å². The zero-order valence-electron chi connectivity index (χ0n) is 13.8. The van der Waals surface area contributed by atoms with Gasteiger partial charge in [0.2, 0.25) is 5.91 Å². The van der Waals surface area contributed by atoms with Gasteiger partial charge in [-0.05, 0) is 19.1 Å². The highest BCUT2D eigenvalue weighted by Crippen LogP contribution is 2.27. The van der Waals surface area contributed by atoms with Gasteiger partial charge in [0.15, 0.2) is 11.0 Å². The van der Waals surface area contributed by atoms with E-state index in [4.69, 9.17) is 0 Å². The van der Waals surface area contributed by atoms with Crippen molar-refractivity contribution in [2.45, 2.75) is 23.9 Å². The van der Waals surface area contributed by atoms with Gasteiger partial charge in [0.1, 0.15) is 0 Å². The fourth-order valence-corrected chi connectivity index (χ4v) is 3.41. The van der Waals surface area contributed by atoms with Gasteiger partial charge in [-0.2, -0.15) is 0 Å². The predicted octanol–water partition coefficient (Wildman–Crippen LogP) is 1.56. The number of carbonyl (C=O) groups excluding carboxylic acids is 2. The van der Waals surface area contributed by atoms with Crippen molar-refractivity contribution in [2.24, 2.45) is 0 Å². The summed E-state index contributed by atoms with van der Waals surface area (Å²) in [4.78, 5) is 29.5. The number of amides is 3. The Morgan fingerprint density at radius 2 is 2.36 bits per heavy atom. The molecule has 1 N–H and O–H groups in total. The molecule has 9 heteroatoms. The van der Waals surface area contributed by atoms with Gasteiger partial charge in [-0.1, -0.05) is 17.8 Å². The third kappa shape index (κ3) is 3.55. The molecule has 1 aliphatic rings. The van der Waals surface area contributed by atoms with E-state index in [9.17, 15) is 9.59 Å². The molecule has 3 amide bonds. The Morgan fingerprint density at radius 1 is 1.52 bits per heavy atom. The zero-order valence-corrected chi connectivity index (χ0v) is 14.6. The number of thioether (sulfide) groups is 1. The lowest BCUT2D eigenvalue weighted by Gasteiger charge is -2.17. The van der Waals surface area contributed by atoms with Gasteiger partial charge < -0.3 is 5.32 Å². The number of allylic oxidation sites excluding steroid dienone is 1. The average Bonchev–Trinajstić information content (AvgIpc) is 3.22. The van der Waals surface area contributed by atoms with Crippen LogP contribution in [0, 0.1) is 0 Å². The monoisotopic (exact) mass is 358 g/mol. The van der Waals surface area contributed by atoms with E-state index < -0.39 is 5.25 Å². The molecular formula is C16H18N6O2S. The second kappa shape index (κ2) is 7.47. The van der Waals surface area contributed by atoms with E-state index in [0.29, 0.717) is 30.6 Å². The summed E-state index contributed by atoms with van der Waals surface area (Å²) in [6.07, 6.45) is 5.14. The second-order valence-electron chi connectivity index (χ2n) is 5.43. The summed E-state index contributed by atoms with van der Waals surface area (Å²) in [6.45, 7) is 6.91. The van der Waals surface area contributed by atoms with Gasteiger partial charge in [-0.3, -0.25) is 19.2 Å². The molecule has 1 atom stereocenters. The Bertz CT molecular complexity index is 791. The summed E-state index contributed by atoms with van der Waals surface area (Å²) < 4.78 is 1.88. The molecule has 2 aromatic rings. The number of nitrogens with zero attached hydrogens (tertiary/aromatic N) is 5. The molecule has 3 rings (SSSR count). The van der Waals surface area contributed by atoms with Gasteiger partial charge in [-0.15, -0.1) is 16.8 Å². The lowest BCUT2D eigenvalue weighted by atomic mass is 10.3. The summed E-state index contributed by atoms with van der Waals surface area (Å²) in [7, 11) is 0. The smallest absolute Gasteiger partial charge is 0.324 e. The molecule has 0 spiro atoms. The summed E-state index contributed by atoms with van der Waals surface area (Å²) in [5.41, 5.74) is 0.835. The van der Waals surface area contributed by atoms with Crippen LogP contribution in [0.2, 0.25) is 0 Å². The molecule has 8 nitrogen and oxygen atoms in total. The molecule has 2 aromatic heterocycles. The van der Waals surface area contributed by atoms with Crippen molar-refractivity contribution < 1.29 is 9.59 Å². The number of aromatic nitrogens is 4. The van der Waals surface area contributed by atoms with E-state index in [-0.39, 0.29) is 11.9 Å². The van der Waals surface area contributed by atoms with Crippen LogP contribution in [0.1, 0.15) is 6.92 Å². The third-order valence-electron chi connectivity index (χ3n) is 3.70. The molecule has 1 saturated heterocycles. The molecule has 0 bridgehead atoms. The maximum atomic E-state index is 12.5. The molecule has 0 unspecified atom stereocenters. The number of hydrogen-bond donors (Lipinski definition) is 1. The zero-order chi connectivity index (χ0) is 17.8. The topological polar surface area (TPSA) is 93.0 Å². The fourth-order valence-electron chi connectivity index (χ4n) is 2.49. The normalized spacial score (nSPS) is 15.1. The highest BCUT2D eigenvalue weighted by atomic mass is 32.2. The van der Waals surface area contributed by atoms with E-state index in [1.54, 1.807) is 25.4 Å². The van der Waals surface area contributed by atoms with Crippen LogP contribution in [0.5, 0.6) is 0 Å². The van der Waals surface area contributed by atoms with E-state index in [1.807, 2.05) is 16.7 Å². The fraction of sp³-hybridized carbons (Fsp3) is 0.312. The third-order valence-corrected chi connectivity index (χ3v) is 4.77. The highest BCUT2D eigenvalue weighted by molar-refractivity contribution is 8.00. The van der Waals surface area contributed by atoms with Crippen LogP contribution in [0.3, 0.4) is 0 Å². The summed E-state index contributed by atoms with van der Waals surface area (Å²) in [5, 5.41) is 11.2. The molecular weight excluding hydrogens is 340 g/mol. The highest BCUT2D eigenvalue weighted by Gasteiger charge is 2.31. The van der Waals surface area contributed by atoms with Crippen LogP contribution < -0.4 is 5.32 Å². The standard InChI is InChI=1S/C16H18N6O2S/c1-3-8-21-13(12-5-4-6-17-10-12)19-20-16(21)25-11(2)14(23)22-9-7-18-15(22)24/h3-6,10-11H,1,7-9H2,2H3,(H,18,24)/t11-/m0/s1. The first-order valence-electron chi connectivity index (χ1n) is 7.82. The van der Waals surface area contributed by atoms with Crippen LogP contribution in [-0.2, 0) is 11.3 Å². The first-order chi connectivity index (χ1) is 12.1. The summed E-state index contributed by atoms with van der Waals surface area (Å²) in [6, 6.07) is 3.38. The molecule has 130 valence electrons. The minimum absolute atomic E-state index is 0.240. The molecule has 0 radical (unpaired) electrons. The molecule has 0 aromatic carbocycles. The average molecular weight is 358 g/mol. The van der Waals surface area contributed by atoms with Crippen molar-refractivity contribution in [2.75, 3.05) is 13.1 Å². The Hall–Kier alpha value is -2.68. The number of rotatable bonds is 6. The Morgan fingerprint density at radius 3 is 3.00 bits per heavy atom. The molecule has 1 fully saturated rings. The number of pyridine rings is 1. The maximum absolute atomic E-state index is 12.5. The largest absolute Gasteiger partial charge is 0.336 e. The van der Waals surface area contributed by atoms with Gasteiger partial charge in [-0.25, -0.2) is 4.79 Å². The van der Waals surface area contributed by atoms with Crippen molar-refractivity contribution >= 4 is 23.7 Å². The maximum Gasteiger partial charge on any atom is 0.324 e. The molecule has 3 heterocycles. The molecule has 1 aliphatic heterocycles. The minimum atomic E-state index is -0.460. The van der Waals surface area contributed by atoms with Crippen LogP contribution >= 0.6 is 11.8 Å². The molecule has 0 saturated carbocycles. The van der Waals surface area contributed by atoms with Gasteiger partial charge in [0.25, 0.3) is 0 Å². The van der Waals surface area contributed by atoms with Gasteiger partial charge in [0.05, 0.1) is 5.25 Å². The van der Waals surface area contributed by atoms with E-state index in [0.717, 1.165) is 5.56 Å². The molecule has 0 aliphatic carbocycles. The lowest BCUT2D eigenvalue weighted by Crippen LogP contribution is -2.39. The SMILES string of the molecule is C=CCn1c(S[C@@H](C)C(=O)N2CCNC2=O)nnc1-c1cccnc1. The van der Waals surface area contributed by atoms with Crippen LogP contribution in [0.15, 0.2) is 42.3 Å². The van der Waals surface area contributed by atoms with E-state index in [1.165, 1.54) is 16.7 Å². The summed E-state index contributed by atoms with van der Waals surface area (Å²) in [5.74, 6) is 0.421. The van der Waals surface area contributed by atoms with Crippen molar-refractivity contribution in [1.29, 1.82) is 0 Å². The van der Waals surface area contributed by atoms with Crippen molar-refractivity contribution in [3.63, 3.8) is 0 Å². The van der Waals surface area contributed by atoms with E-state index in [2.05, 4.69) is 27.1 Å². The second-order valence-corrected chi connectivity index (χ2v) is 6.74. The first kappa shape index (κ1) is 17.2. The first-order valence-corrected chi connectivity index (χ1v) is 8.70. The number of urea groups is 1. The Balaban J connectivity index is 1.82. The van der Waals surface area contributed by atoms with Crippen molar-refractivity contribution in [3.05, 3.63) is 37.2 Å². The number of hydrogen-bond acceptors (Lipinski definition) is 6. The number of carbonyl (C=O) groups is 2. The Kier molecular flexibility index (Phi) is 5.13. The van der Waals surface area contributed by atoms with Crippen LogP contribution in [-0.4, -0.2) is 54.9 Å². The van der Waals surface area contributed by atoms with Crippen LogP contribution in [0.4, 0.5) is 4.79 Å². The van der Waals surface area contributed by atoms with Crippen LogP contribution in [0.25, 0.3) is 11.4 Å². The van der Waals surface area contributed by atoms with Crippen molar-refractivity contribution in [3.8, 4) is 11.4 Å². The Labute approximate surface area is 149 Å². The van der Waals surface area contributed by atoms with Gasteiger partial charge >= 0.3 is 6.03 Å². The quantitative estimate of drug-likeness (QED) is 0.622. The van der Waals surface area contributed by atoms with Crippen molar-refractivity contribution in [1.82, 2.24) is 30.0 Å². The number of nitrogens with one attached hydrogen (secondary N) is 1. The van der Waals surface area contributed by atoms with Gasteiger partial charge in [0, 0.05) is 37.6 Å². The lowest BCUT2D eigenvalue weighted by molar-refractivity contribution is -0.126. The summed E-state index contributed by atoms with van der Waals surface area (Å²) >= 11 is 1.27. The number of imide groups is 1. The predicted molar refractivity (Wildman–Crippen MR) is 93.9 cm³/mol. The molecule has 25 heavy (non-hydrogen) atoms. The minimum Gasteiger partial charge on any atom is -0.336 e.